The highest BCUT2D eigenvalue weighted by Crippen LogP contribution is 2.16. The van der Waals surface area contributed by atoms with Crippen LogP contribution in [-0.2, 0) is 6.54 Å². The summed E-state index contributed by atoms with van der Waals surface area (Å²) >= 11 is 0. The number of benzene rings is 2. The van der Waals surface area contributed by atoms with E-state index in [1.165, 1.54) is 30.7 Å². The lowest BCUT2D eigenvalue weighted by Crippen LogP contribution is -2.36. The molecule has 0 unspecified atom stereocenters. The van der Waals surface area contributed by atoms with Gasteiger partial charge in [0, 0.05) is 17.7 Å². The predicted octanol–water partition coefficient (Wildman–Crippen LogP) is 3.26. The molecule has 0 saturated carbocycles. The molecule has 1 aliphatic rings. The predicted molar refractivity (Wildman–Crippen MR) is 76.2 cm³/mol. The average molecular weight is 269 g/mol. The lowest BCUT2D eigenvalue weighted by Gasteiger charge is -2.30. The zero-order valence-electron chi connectivity index (χ0n) is 11.2. The van der Waals surface area contributed by atoms with Crippen LogP contribution in [0.5, 0.6) is 0 Å². The summed E-state index contributed by atoms with van der Waals surface area (Å²) in [6.07, 6.45) is 1.26. The quantitative estimate of drug-likeness (QED) is 0.794. The molecule has 1 saturated heterocycles. The topological polar surface area (TPSA) is 20.3 Å². The molecule has 0 radical (unpaired) electrons. The van der Waals surface area contributed by atoms with Crippen molar-refractivity contribution >= 4 is 5.78 Å². The number of ketones is 1. The minimum absolute atomic E-state index is 0.0598. The first-order chi connectivity index (χ1) is 9.72. The third-order valence-corrected chi connectivity index (χ3v) is 3.65. The summed E-state index contributed by atoms with van der Waals surface area (Å²) in [7, 11) is 0. The summed E-state index contributed by atoms with van der Waals surface area (Å²) in [5, 5.41) is 0. The van der Waals surface area contributed by atoms with Crippen LogP contribution in [0.3, 0.4) is 0 Å². The van der Waals surface area contributed by atoms with Gasteiger partial charge in [-0.25, -0.2) is 4.39 Å². The summed E-state index contributed by atoms with van der Waals surface area (Å²) in [4.78, 5) is 14.7. The molecule has 0 N–H and O–H groups in total. The van der Waals surface area contributed by atoms with E-state index in [9.17, 15) is 9.18 Å². The number of hydrogen-bond donors (Lipinski definition) is 0. The number of nitrogens with zero attached hydrogens (tertiary/aromatic N) is 1. The number of carbonyl (C=O) groups is 1. The Balaban J connectivity index is 1.80. The third-order valence-electron chi connectivity index (χ3n) is 3.65. The number of halogens is 1. The van der Waals surface area contributed by atoms with Gasteiger partial charge in [-0.1, -0.05) is 18.2 Å². The molecule has 0 aliphatic carbocycles. The van der Waals surface area contributed by atoms with E-state index in [1.54, 1.807) is 0 Å². The fourth-order valence-corrected chi connectivity index (χ4v) is 2.38. The fourth-order valence-electron chi connectivity index (χ4n) is 2.38. The summed E-state index contributed by atoms with van der Waals surface area (Å²) in [6, 6.07) is 13.4. The maximum Gasteiger partial charge on any atom is 0.193 e. The van der Waals surface area contributed by atoms with Gasteiger partial charge in [0.2, 0.25) is 0 Å². The molecule has 1 fully saturated rings. The van der Waals surface area contributed by atoms with Gasteiger partial charge in [-0.15, -0.1) is 0 Å². The molecule has 102 valence electrons. The second-order valence-electron chi connectivity index (χ2n) is 5.17. The molecule has 20 heavy (non-hydrogen) atoms. The largest absolute Gasteiger partial charge is 0.299 e. The van der Waals surface area contributed by atoms with E-state index in [4.69, 9.17) is 0 Å². The van der Waals surface area contributed by atoms with E-state index in [1.807, 2.05) is 24.3 Å². The van der Waals surface area contributed by atoms with E-state index in [0.29, 0.717) is 11.1 Å². The van der Waals surface area contributed by atoms with Gasteiger partial charge in [0.25, 0.3) is 0 Å². The van der Waals surface area contributed by atoms with Gasteiger partial charge in [0.05, 0.1) is 0 Å². The Labute approximate surface area is 117 Å². The first kappa shape index (κ1) is 13.0. The Bertz CT molecular complexity index is 617. The molecule has 1 heterocycles. The average Bonchev–Trinajstić information content (AvgIpc) is 2.43. The summed E-state index contributed by atoms with van der Waals surface area (Å²) in [6.45, 7) is 3.16. The van der Waals surface area contributed by atoms with Crippen LogP contribution >= 0.6 is 0 Å². The number of likely N-dealkylation sites (tertiary alicyclic amines) is 1. The van der Waals surface area contributed by atoms with Crippen molar-refractivity contribution in [3.8, 4) is 0 Å². The summed E-state index contributed by atoms with van der Waals surface area (Å²) < 4.78 is 12.9. The van der Waals surface area contributed by atoms with Crippen LogP contribution in [0.1, 0.15) is 27.9 Å². The van der Waals surface area contributed by atoms with Gasteiger partial charge in [-0.05, 0) is 55.4 Å². The highest BCUT2D eigenvalue weighted by atomic mass is 19.1. The Morgan fingerprint density at radius 1 is 1.05 bits per heavy atom. The lowest BCUT2D eigenvalue weighted by atomic mass is 10.0. The molecule has 0 bridgehead atoms. The van der Waals surface area contributed by atoms with Gasteiger partial charge in [-0.2, -0.15) is 0 Å². The van der Waals surface area contributed by atoms with Crippen LogP contribution in [0.2, 0.25) is 0 Å². The molecule has 0 amide bonds. The molecule has 1 aliphatic heterocycles. The molecule has 3 heteroatoms. The molecule has 0 spiro atoms. The van der Waals surface area contributed by atoms with E-state index in [0.717, 1.165) is 25.2 Å². The molecular formula is C17H16FNO. The zero-order valence-corrected chi connectivity index (χ0v) is 11.2. The normalized spacial score (nSPS) is 14.8. The van der Waals surface area contributed by atoms with Crippen LogP contribution in [0.15, 0.2) is 48.5 Å². The minimum atomic E-state index is -0.326. The van der Waals surface area contributed by atoms with Gasteiger partial charge < -0.3 is 0 Å². The van der Waals surface area contributed by atoms with Crippen molar-refractivity contribution in [2.24, 2.45) is 0 Å². The Kier molecular flexibility index (Phi) is 3.61. The summed E-state index contributed by atoms with van der Waals surface area (Å²) in [5.41, 5.74) is 2.33. The van der Waals surface area contributed by atoms with Gasteiger partial charge in [0.1, 0.15) is 5.82 Å². The first-order valence-electron chi connectivity index (χ1n) is 6.84. The molecule has 0 atom stereocenters. The van der Waals surface area contributed by atoms with Crippen LogP contribution in [0.25, 0.3) is 0 Å². The summed E-state index contributed by atoms with van der Waals surface area (Å²) in [5.74, 6) is -0.386. The monoisotopic (exact) mass is 269 g/mol. The van der Waals surface area contributed by atoms with Crippen molar-refractivity contribution in [3.63, 3.8) is 0 Å². The second kappa shape index (κ2) is 5.55. The molecular weight excluding hydrogens is 253 g/mol. The molecule has 0 aromatic heterocycles. The van der Waals surface area contributed by atoms with Crippen molar-refractivity contribution in [1.29, 1.82) is 0 Å². The Hall–Kier alpha value is -2.00. The van der Waals surface area contributed by atoms with Gasteiger partial charge in [0.15, 0.2) is 5.78 Å². The second-order valence-corrected chi connectivity index (χ2v) is 5.17. The van der Waals surface area contributed by atoms with Crippen molar-refractivity contribution in [1.82, 2.24) is 4.90 Å². The highest BCUT2D eigenvalue weighted by molar-refractivity contribution is 6.09. The SMILES string of the molecule is O=C(c1ccc(F)cc1)c1cccc(CN2CCC2)c1. The molecule has 2 nitrogen and oxygen atoms in total. The van der Waals surface area contributed by atoms with E-state index < -0.39 is 0 Å². The molecule has 3 rings (SSSR count). The standard InChI is InChI=1S/C17H16FNO/c18-16-7-5-14(6-8-16)17(20)15-4-1-3-13(11-15)12-19-9-2-10-19/h1,3-8,11H,2,9-10,12H2. The van der Waals surface area contributed by atoms with Gasteiger partial charge in [-0.3, -0.25) is 9.69 Å². The fraction of sp³-hybridized carbons (Fsp3) is 0.235. The maximum absolute atomic E-state index is 12.9. The first-order valence-corrected chi connectivity index (χ1v) is 6.84. The number of carbonyl (C=O) groups excluding carboxylic acids is 1. The molecule has 2 aromatic carbocycles. The highest BCUT2D eigenvalue weighted by Gasteiger charge is 2.15. The van der Waals surface area contributed by atoms with E-state index in [2.05, 4.69) is 4.90 Å². The number of rotatable bonds is 4. The van der Waals surface area contributed by atoms with Crippen molar-refractivity contribution in [2.75, 3.05) is 13.1 Å². The maximum atomic E-state index is 12.9. The lowest BCUT2D eigenvalue weighted by molar-refractivity contribution is 0.103. The van der Waals surface area contributed by atoms with Crippen LogP contribution < -0.4 is 0 Å². The van der Waals surface area contributed by atoms with Crippen molar-refractivity contribution in [2.45, 2.75) is 13.0 Å². The van der Waals surface area contributed by atoms with Crippen molar-refractivity contribution in [3.05, 3.63) is 71.0 Å². The number of hydrogen-bond acceptors (Lipinski definition) is 2. The smallest absolute Gasteiger partial charge is 0.193 e. The minimum Gasteiger partial charge on any atom is -0.299 e. The van der Waals surface area contributed by atoms with Crippen LogP contribution in [0, 0.1) is 5.82 Å². The molecule has 2 aromatic rings. The van der Waals surface area contributed by atoms with Gasteiger partial charge >= 0.3 is 0 Å². The zero-order chi connectivity index (χ0) is 13.9. The van der Waals surface area contributed by atoms with E-state index in [-0.39, 0.29) is 11.6 Å². The van der Waals surface area contributed by atoms with Crippen molar-refractivity contribution < 1.29 is 9.18 Å². The third kappa shape index (κ3) is 2.78. The van der Waals surface area contributed by atoms with Crippen LogP contribution in [-0.4, -0.2) is 23.8 Å². The Morgan fingerprint density at radius 2 is 1.80 bits per heavy atom. The van der Waals surface area contributed by atoms with E-state index >= 15 is 0 Å². The Morgan fingerprint density at radius 3 is 2.45 bits per heavy atom. The van der Waals surface area contributed by atoms with Crippen LogP contribution in [0.4, 0.5) is 4.39 Å².